The van der Waals surface area contributed by atoms with Gasteiger partial charge in [0.2, 0.25) is 0 Å². The van der Waals surface area contributed by atoms with E-state index in [-0.39, 0.29) is 12.7 Å². The summed E-state index contributed by atoms with van der Waals surface area (Å²) in [5.74, 6) is 3.26. The van der Waals surface area contributed by atoms with Crippen molar-refractivity contribution in [1.82, 2.24) is 0 Å². The number of aliphatic hydroxyl groups is 2. The molecule has 0 heterocycles. The third-order valence-corrected chi connectivity index (χ3v) is 9.62. The fourth-order valence-corrected chi connectivity index (χ4v) is 8.24. The highest BCUT2D eigenvalue weighted by molar-refractivity contribution is 9.11. The number of aliphatic hydroxyl groups excluding tert-OH is 2. The van der Waals surface area contributed by atoms with E-state index in [1.54, 1.807) is 0 Å². The molecular weight excluding hydrogens is 364 g/mol. The van der Waals surface area contributed by atoms with Gasteiger partial charge in [-0.05, 0) is 92.3 Å². The lowest BCUT2D eigenvalue weighted by molar-refractivity contribution is -0.116. The van der Waals surface area contributed by atoms with Crippen molar-refractivity contribution in [2.24, 2.45) is 34.5 Å². The topological polar surface area (TPSA) is 40.5 Å². The molecule has 0 saturated heterocycles. The average Bonchev–Trinajstić information content (AvgIpc) is 2.92. The SMILES string of the molecule is C[C@]12CC[C@@H](O)C[C@@H]1CC[C@@H]1[C@@H]2CC[C@]2(C)/C(=C(/Br)CO)CC[C@@H]12. The van der Waals surface area contributed by atoms with Crippen LogP contribution in [0.1, 0.15) is 71.6 Å². The third kappa shape index (κ3) is 2.41. The van der Waals surface area contributed by atoms with Crippen LogP contribution >= 0.6 is 15.9 Å². The molecule has 4 aliphatic carbocycles. The Labute approximate surface area is 155 Å². The zero-order chi connectivity index (χ0) is 17.1. The Morgan fingerprint density at radius 2 is 1.88 bits per heavy atom. The van der Waals surface area contributed by atoms with Crippen molar-refractivity contribution >= 4 is 15.9 Å². The van der Waals surface area contributed by atoms with Crippen LogP contribution < -0.4 is 0 Å². The first-order valence-electron chi connectivity index (χ1n) is 10.1. The van der Waals surface area contributed by atoms with Crippen LogP contribution in [0.3, 0.4) is 0 Å². The molecule has 0 aliphatic heterocycles. The van der Waals surface area contributed by atoms with Crippen molar-refractivity contribution in [2.45, 2.75) is 77.7 Å². The molecule has 4 aliphatic rings. The van der Waals surface area contributed by atoms with Gasteiger partial charge in [-0.25, -0.2) is 0 Å². The van der Waals surface area contributed by atoms with Gasteiger partial charge < -0.3 is 10.2 Å². The number of rotatable bonds is 1. The van der Waals surface area contributed by atoms with Gasteiger partial charge in [0.25, 0.3) is 0 Å². The van der Waals surface area contributed by atoms with Gasteiger partial charge in [-0.1, -0.05) is 35.4 Å². The zero-order valence-electron chi connectivity index (χ0n) is 15.2. The number of hydrogen-bond donors (Lipinski definition) is 2. The maximum absolute atomic E-state index is 10.1. The molecule has 0 aromatic rings. The first-order valence-corrected chi connectivity index (χ1v) is 10.9. The van der Waals surface area contributed by atoms with E-state index >= 15 is 0 Å². The lowest BCUT2D eigenvalue weighted by atomic mass is 9.45. The van der Waals surface area contributed by atoms with E-state index in [0.29, 0.717) is 10.8 Å². The van der Waals surface area contributed by atoms with Gasteiger partial charge in [0.15, 0.2) is 0 Å². The van der Waals surface area contributed by atoms with Gasteiger partial charge >= 0.3 is 0 Å². The Morgan fingerprint density at radius 3 is 2.62 bits per heavy atom. The second-order valence-electron chi connectivity index (χ2n) is 9.62. The van der Waals surface area contributed by atoms with Gasteiger partial charge in [-0.15, -0.1) is 0 Å². The van der Waals surface area contributed by atoms with Crippen LogP contribution in [0.15, 0.2) is 10.1 Å². The predicted octanol–water partition coefficient (Wildman–Crippen LogP) is 5.03. The molecule has 0 aromatic heterocycles. The molecule has 4 fully saturated rings. The third-order valence-electron chi connectivity index (χ3n) is 8.89. The van der Waals surface area contributed by atoms with Gasteiger partial charge in [-0.3, -0.25) is 0 Å². The fraction of sp³-hybridized carbons (Fsp3) is 0.905. The number of halogens is 1. The summed E-state index contributed by atoms with van der Waals surface area (Å²) in [5.41, 5.74) is 2.28. The molecule has 0 amide bonds. The van der Waals surface area contributed by atoms with Crippen molar-refractivity contribution in [3.05, 3.63) is 10.1 Å². The molecule has 4 rings (SSSR count). The molecule has 2 nitrogen and oxygen atoms in total. The average molecular weight is 397 g/mol. The van der Waals surface area contributed by atoms with E-state index in [9.17, 15) is 10.2 Å². The summed E-state index contributed by atoms with van der Waals surface area (Å²) < 4.78 is 1.06. The van der Waals surface area contributed by atoms with Crippen molar-refractivity contribution in [1.29, 1.82) is 0 Å². The van der Waals surface area contributed by atoms with Crippen molar-refractivity contribution in [3.8, 4) is 0 Å². The van der Waals surface area contributed by atoms with E-state index in [1.165, 1.54) is 50.5 Å². The maximum Gasteiger partial charge on any atom is 0.0746 e. The highest BCUT2D eigenvalue weighted by atomic mass is 79.9. The highest BCUT2D eigenvalue weighted by Crippen LogP contribution is 2.67. The second kappa shape index (κ2) is 6.09. The molecule has 0 radical (unpaired) electrons. The summed E-state index contributed by atoms with van der Waals surface area (Å²) in [5, 5.41) is 19.8. The Kier molecular flexibility index (Phi) is 4.46. The monoisotopic (exact) mass is 396 g/mol. The fourth-order valence-electron chi connectivity index (χ4n) is 7.59. The van der Waals surface area contributed by atoms with Gasteiger partial charge in [0.1, 0.15) is 0 Å². The highest BCUT2D eigenvalue weighted by Gasteiger charge is 2.59. The number of fused-ring (bicyclic) bond motifs is 5. The summed E-state index contributed by atoms with van der Waals surface area (Å²) in [6, 6.07) is 0. The van der Waals surface area contributed by atoms with E-state index in [1.807, 2.05) is 0 Å². The predicted molar refractivity (Wildman–Crippen MR) is 101 cm³/mol. The molecule has 7 atom stereocenters. The molecular formula is C21H33BrO2. The first-order chi connectivity index (χ1) is 11.4. The van der Waals surface area contributed by atoms with Gasteiger partial charge in [-0.2, -0.15) is 0 Å². The normalized spacial score (nSPS) is 53.1. The van der Waals surface area contributed by atoms with Crippen molar-refractivity contribution < 1.29 is 10.2 Å². The lowest BCUT2D eigenvalue weighted by Crippen LogP contribution is -2.53. The molecule has 136 valence electrons. The number of hydrogen-bond acceptors (Lipinski definition) is 2. The standard InChI is InChI=1S/C21H33BrO2/c1-20-9-7-14(24)11-13(20)3-4-15-16-5-6-18(19(22)12-23)21(16,2)10-8-17(15)20/h13-17,23-24H,3-12H2,1-2H3/b19-18+/t13-,14+,15-,16-,17-,20-,21-/m0/s1. The van der Waals surface area contributed by atoms with Crippen LogP contribution in [0, 0.1) is 34.5 Å². The molecule has 3 heteroatoms. The van der Waals surface area contributed by atoms with Crippen LogP contribution in [-0.4, -0.2) is 22.9 Å². The van der Waals surface area contributed by atoms with E-state index in [4.69, 9.17) is 0 Å². The Balaban J connectivity index is 1.63. The minimum Gasteiger partial charge on any atom is -0.393 e. The zero-order valence-corrected chi connectivity index (χ0v) is 16.8. The molecule has 0 unspecified atom stereocenters. The van der Waals surface area contributed by atoms with Gasteiger partial charge in [0, 0.05) is 4.48 Å². The summed E-state index contributed by atoms with van der Waals surface area (Å²) >= 11 is 3.66. The molecule has 0 aromatic carbocycles. The Hall–Kier alpha value is 0.140. The van der Waals surface area contributed by atoms with Crippen molar-refractivity contribution in [3.63, 3.8) is 0 Å². The van der Waals surface area contributed by atoms with E-state index in [0.717, 1.165) is 41.0 Å². The first kappa shape index (κ1) is 17.5. The summed E-state index contributed by atoms with van der Waals surface area (Å²) in [7, 11) is 0. The lowest BCUT2D eigenvalue weighted by Gasteiger charge is -2.60. The number of allylic oxidation sites excluding steroid dienone is 1. The van der Waals surface area contributed by atoms with E-state index in [2.05, 4.69) is 29.8 Å². The van der Waals surface area contributed by atoms with Crippen LogP contribution in [0.4, 0.5) is 0 Å². The summed E-state index contributed by atoms with van der Waals surface area (Å²) in [4.78, 5) is 0. The molecule has 2 N–H and O–H groups in total. The van der Waals surface area contributed by atoms with Crippen LogP contribution in [0.5, 0.6) is 0 Å². The van der Waals surface area contributed by atoms with Crippen LogP contribution in [0.25, 0.3) is 0 Å². The van der Waals surface area contributed by atoms with Crippen LogP contribution in [-0.2, 0) is 0 Å². The second-order valence-corrected chi connectivity index (χ2v) is 10.6. The minimum absolute atomic E-state index is 0.0463. The Bertz CT molecular complexity index is 544. The Morgan fingerprint density at radius 1 is 1.08 bits per heavy atom. The molecule has 0 bridgehead atoms. The smallest absolute Gasteiger partial charge is 0.0746 e. The molecule has 0 spiro atoms. The minimum atomic E-state index is -0.0463. The van der Waals surface area contributed by atoms with E-state index < -0.39 is 0 Å². The summed E-state index contributed by atoms with van der Waals surface area (Å²) in [6.07, 6.45) is 11.0. The maximum atomic E-state index is 10.1. The quantitative estimate of drug-likeness (QED) is 0.652. The summed E-state index contributed by atoms with van der Waals surface area (Å²) in [6.45, 7) is 5.19. The largest absolute Gasteiger partial charge is 0.393 e. The van der Waals surface area contributed by atoms with Gasteiger partial charge in [0.05, 0.1) is 12.7 Å². The molecule has 24 heavy (non-hydrogen) atoms. The van der Waals surface area contributed by atoms with Crippen LogP contribution in [0.2, 0.25) is 0 Å². The molecule has 4 saturated carbocycles. The van der Waals surface area contributed by atoms with Crippen molar-refractivity contribution in [2.75, 3.05) is 6.61 Å².